The second-order valence-electron chi connectivity index (χ2n) is 5.18. The first-order chi connectivity index (χ1) is 10.4. The Balaban J connectivity index is 2.57. The summed E-state index contributed by atoms with van der Waals surface area (Å²) >= 11 is 0. The van der Waals surface area contributed by atoms with Crippen LogP contribution in [0.2, 0.25) is 0 Å². The molecule has 0 heterocycles. The molecule has 0 radical (unpaired) electrons. The molecule has 1 aromatic carbocycles. The molecular weight excluding hydrogens is 297 g/mol. The molecule has 124 valence electrons. The molecule has 0 atom stereocenters. The summed E-state index contributed by atoms with van der Waals surface area (Å²) in [6, 6.07) is 2.55. The predicted molar refractivity (Wildman–Crippen MR) is 80.0 cm³/mol. The number of alkyl halides is 3. The number of hydrogen-bond acceptors (Lipinski definition) is 3. The Morgan fingerprint density at radius 1 is 1.14 bits per heavy atom. The number of halogens is 3. The Morgan fingerprint density at radius 3 is 2.36 bits per heavy atom. The highest BCUT2D eigenvalue weighted by atomic mass is 19.4. The van der Waals surface area contributed by atoms with Crippen molar-refractivity contribution in [2.24, 2.45) is 0 Å². The van der Waals surface area contributed by atoms with Gasteiger partial charge in [-0.2, -0.15) is 13.2 Å². The monoisotopic (exact) mass is 318 g/mol. The van der Waals surface area contributed by atoms with Crippen molar-refractivity contribution in [2.45, 2.75) is 51.6 Å². The minimum atomic E-state index is -4.58. The van der Waals surface area contributed by atoms with E-state index in [0.717, 1.165) is 44.2 Å². The van der Waals surface area contributed by atoms with Gasteiger partial charge in [0.15, 0.2) is 0 Å². The largest absolute Gasteiger partial charge is 0.416 e. The van der Waals surface area contributed by atoms with E-state index in [9.17, 15) is 23.3 Å². The lowest BCUT2D eigenvalue weighted by atomic mass is 10.1. The zero-order valence-corrected chi connectivity index (χ0v) is 12.6. The number of nitrogens with one attached hydrogen (secondary N) is 1. The van der Waals surface area contributed by atoms with Crippen LogP contribution in [0.25, 0.3) is 0 Å². The number of nitrogens with zero attached hydrogens (tertiary/aromatic N) is 1. The van der Waals surface area contributed by atoms with Crippen LogP contribution >= 0.6 is 0 Å². The molecule has 0 amide bonds. The predicted octanol–water partition coefficient (Wildman–Crippen LogP) is 5.39. The first kappa shape index (κ1) is 18.3. The molecular formula is C15H21F3N2O2. The van der Waals surface area contributed by atoms with Crippen molar-refractivity contribution >= 4 is 11.4 Å². The normalized spacial score (nSPS) is 11.5. The number of nitro groups is 1. The number of anilines is 1. The molecule has 0 unspecified atom stereocenters. The van der Waals surface area contributed by atoms with Gasteiger partial charge >= 0.3 is 6.18 Å². The Kier molecular flexibility index (Phi) is 7.14. The second-order valence-corrected chi connectivity index (χ2v) is 5.18. The molecule has 0 saturated carbocycles. The van der Waals surface area contributed by atoms with Gasteiger partial charge in [0.1, 0.15) is 5.69 Å². The molecule has 1 aromatic rings. The van der Waals surface area contributed by atoms with E-state index in [2.05, 4.69) is 12.2 Å². The standard InChI is InChI=1S/C15H21F3N2O2/c1-2-3-4-5-6-7-10-19-13-9-8-12(15(16,17)18)11-14(13)20(21)22/h8-9,11,19H,2-7,10H2,1H3. The van der Waals surface area contributed by atoms with Gasteiger partial charge in [0.25, 0.3) is 5.69 Å². The maximum Gasteiger partial charge on any atom is 0.416 e. The second kappa shape index (κ2) is 8.60. The molecule has 7 heteroatoms. The van der Waals surface area contributed by atoms with Crippen molar-refractivity contribution in [1.82, 2.24) is 0 Å². The van der Waals surface area contributed by atoms with Gasteiger partial charge in [-0.05, 0) is 18.6 Å². The van der Waals surface area contributed by atoms with Crippen LogP contribution in [0.3, 0.4) is 0 Å². The first-order valence-electron chi connectivity index (χ1n) is 7.45. The molecule has 0 saturated heterocycles. The fraction of sp³-hybridized carbons (Fsp3) is 0.600. The van der Waals surface area contributed by atoms with Crippen LogP contribution in [-0.2, 0) is 6.18 Å². The van der Waals surface area contributed by atoms with Crippen LogP contribution in [0.15, 0.2) is 18.2 Å². The van der Waals surface area contributed by atoms with Crippen molar-refractivity contribution in [2.75, 3.05) is 11.9 Å². The molecule has 0 aromatic heterocycles. The summed E-state index contributed by atoms with van der Waals surface area (Å²) in [5.74, 6) is 0. The van der Waals surface area contributed by atoms with Crippen molar-refractivity contribution < 1.29 is 18.1 Å². The van der Waals surface area contributed by atoms with E-state index < -0.39 is 22.4 Å². The van der Waals surface area contributed by atoms with E-state index >= 15 is 0 Å². The van der Waals surface area contributed by atoms with Crippen molar-refractivity contribution in [1.29, 1.82) is 0 Å². The topological polar surface area (TPSA) is 55.2 Å². The van der Waals surface area contributed by atoms with Crippen LogP contribution in [0.1, 0.15) is 51.0 Å². The van der Waals surface area contributed by atoms with Gasteiger partial charge in [0.05, 0.1) is 10.5 Å². The lowest BCUT2D eigenvalue weighted by Crippen LogP contribution is -2.08. The molecule has 22 heavy (non-hydrogen) atoms. The Morgan fingerprint density at radius 2 is 1.77 bits per heavy atom. The molecule has 0 aliphatic rings. The van der Waals surface area contributed by atoms with Crippen LogP contribution in [-0.4, -0.2) is 11.5 Å². The van der Waals surface area contributed by atoms with Crippen LogP contribution in [0.5, 0.6) is 0 Å². The fourth-order valence-corrected chi connectivity index (χ4v) is 2.14. The zero-order chi connectivity index (χ0) is 16.6. The van der Waals surface area contributed by atoms with E-state index in [1.54, 1.807) is 0 Å². The molecule has 4 nitrogen and oxygen atoms in total. The summed E-state index contributed by atoms with van der Waals surface area (Å²) in [4.78, 5) is 10.1. The maximum absolute atomic E-state index is 12.6. The lowest BCUT2D eigenvalue weighted by Gasteiger charge is -2.10. The van der Waals surface area contributed by atoms with Gasteiger partial charge < -0.3 is 5.32 Å². The van der Waals surface area contributed by atoms with Gasteiger partial charge in [0, 0.05) is 12.6 Å². The summed E-state index contributed by atoms with van der Waals surface area (Å²) in [5, 5.41) is 13.8. The Labute approximate surface area is 127 Å². The molecule has 0 bridgehead atoms. The van der Waals surface area contributed by atoms with E-state index in [0.29, 0.717) is 12.6 Å². The average Bonchev–Trinajstić information content (AvgIpc) is 2.45. The van der Waals surface area contributed by atoms with Crippen LogP contribution in [0, 0.1) is 10.1 Å². The number of hydrogen-bond donors (Lipinski definition) is 1. The smallest absolute Gasteiger partial charge is 0.379 e. The Hall–Kier alpha value is -1.79. The third-order valence-electron chi connectivity index (χ3n) is 3.37. The summed E-state index contributed by atoms with van der Waals surface area (Å²) in [5.41, 5.74) is -1.42. The summed E-state index contributed by atoms with van der Waals surface area (Å²) in [6.45, 7) is 2.64. The molecule has 1 rings (SSSR count). The summed E-state index contributed by atoms with van der Waals surface area (Å²) in [6.07, 6.45) is 1.88. The summed E-state index contributed by atoms with van der Waals surface area (Å²) < 4.78 is 37.7. The van der Waals surface area contributed by atoms with Gasteiger partial charge in [-0.15, -0.1) is 0 Å². The SMILES string of the molecule is CCCCCCCCNc1ccc(C(F)(F)F)cc1[N+](=O)[O-]. The van der Waals surface area contributed by atoms with E-state index in [1.165, 1.54) is 6.42 Å². The molecule has 1 N–H and O–H groups in total. The highest BCUT2D eigenvalue weighted by molar-refractivity contribution is 5.62. The fourth-order valence-electron chi connectivity index (χ4n) is 2.14. The minimum absolute atomic E-state index is 0.131. The number of benzene rings is 1. The van der Waals surface area contributed by atoms with Gasteiger partial charge in [-0.1, -0.05) is 39.0 Å². The quantitative estimate of drug-likeness (QED) is 0.377. The number of nitro benzene ring substituents is 1. The van der Waals surface area contributed by atoms with E-state index in [-0.39, 0.29) is 5.69 Å². The third kappa shape index (κ3) is 5.91. The van der Waals surface area contributed by atoms with Gasteiger partial charge in [-0.3, -0.25) is 10.1 Å². The van der Waals surface area contributed by atoms with Crippen LogP contribution < -0.4 is 5.32 Å². The van der Waals surface area contributed by atoms with E-state index in [1.807, 2.05) is 0 Å². The van der Waals surface area contributed by atoms with Crippen LogP contribution in [0.4, 0.5) is 24.5 Å². The van der Waals surface area contributed by atoms with Crippen molar-refractivity contribution in [3.63, 3.8) is 0 Å². The highest BCUT2D eigenvalue weighted by Gasteiger charge is 2.32. The summed E-state index contributed by atoms with van der Waals surface area (Å²) in [7, 11) is 0. The third-order valence-corrected chi connectivity index (χ3v) is 3.37. The molecule has 0 aliphatic carbocycles. The minimum Gasteiger partial charge on any atom is -0.379 e. The number of unbranched alkanes of at least 4 members (excludes halogenated alkanes) is 5. The van der Waals surface area contributed by atoms with Crippen molar-refractivity contribution in [3.05, 3.63) is 33.9 Å². The maximum atomic E-state index is 12.6. The lowest BCUT2D eigenvalue weighted by molar-refractivity contribution is -0.384. The first-order valence-corrected chi connectivity index (χ1v) is 7.45. The average molecular weight is 318 g/mol. The highest BCUT2D eigenvalue weighted by Crippen LogP contribution is 2.34. The molecule has 0 spiro atoms. The van der Waals surface area contributed by atoms with Gasteiger partial charge in [0.2, 0.25) is 0 Å². The molecule has 0 fully saturated rings. The number of rotatable bonds is 9. The Bertz CT molecular complexity index is 490. The van der Waals surface area contributed by atoms with Crippen molar-refractivity contribution in [3.8, 4) is 0 Å². The van der Waals surface area contributed by atoms with E-state index in [4.69, 9.17) is 0 Å². The molecule has 0 aliphatic heterocycles. The zero-order valence-electron chi connectivity index (χ0n) is 12.6. The van der Waals surface area contributed by atoms with Gasteiger partial charge in [-0.25, -0.2) is 0 Å².